The van der Waals surface area contributed by atoms with Gasteiger partial charge in [0.25, 0.3) is 5.91 Å². The van der Waals surface area contributed by atoms with Gasteiger partial charge in [-0.3, -0.25) is 9.78 Å². The summed E-state index contributed by atoms with van der Waals surface area (Å²) in [6.45, 7) is 0.682. The van der Waals surface area contributed by atoms with Crippen LogP contribution in [0, 0.1) is 17.5 Å². The second-order valence-electron chi connectivity index (χ2n) is 7.25. The number of halogens is 3. The van der Waals surface area contributed by atoms with Crippen molar-refractivity contribution in [2.45, 2.75) is 19.6 Å². The van der Waals surface area contributed by atoms with Gasteiger partial charge in [0.1, 0.15) is 11.6 Å². The highest BCUT2D eigenvalue weighted by molar-refractivity contribution is 5.94. The van der Waals surface area contributed by atoms with Crippen molar-refractivity contribution >= 4 is 5.91 Å². The minimum atomic E-state index is -0.922. The van der Waals surface area contributed by atoms with E-state index in [0.717, 1.165) is 17.7 Å². The van der Waals surface area contributed by atoms with Crippen molar-refractivity contribution in [2.24, 2.45) is 0 Å². The van der Waals surface area contributed by atoms with Gasteiger partial charge in [-0.15, -0.1) is 0 Å². The first kappa shape index (κ1) is 21.3. The van der Waals surface area contributed by atoms with Crippen molar-refractivity contribution in [1.82, 2.24) is 19.4 Å². The summed E-state index contributed by atoms with van der Waals surface area (Å²) in [5.74, 6) is -1.99. The highest BCUT2D eigenvalue weighted by Gasteiger charge is 2.19. The largest absolute Gasteiger partial charge is 0.329 e. The Hall–Kier alpha value is -3.94. The number of hydrogen-bond donors (Lipinski definition) is 0. The molecule has 0 unspecified atom stereocenters. The molecule has 32 heavy (non-hydrogen) atoms. The third-order valence-corrected chi connectivity index (χ3v) is 4.95. The van der Waals surface area contributed by atoms with Gasteiger partial charge in [-0.1, -0.05) is 12.1 Å². The first-order chi connectivity index (χ1) is 15.5. The Bertz CT molecular complexity index is 1210. The lowest BCUT2D eigenvalue weighted by Crippen LogP contribution is -2.31. The summed E-state index contributed by atoms with van der Waals surface area (Å²) in [4.78, 5) is 23.2. The summed E-state index contributed by atoms with van der Waals surface area (Å²) in [5.41, 5.74) is 1.72. The highest BCUT2D eigenvalue weighted by atomic mass is 19.2. The topological polar surface area (TPSA) is 51.0 Å². The van der Waals surface area contributed by atoms with Crippen molar-refractivity contribution < 1.29 is 18.0 Å². The monoisotopic (exact) mass is 436 g/mol. The molecule has 0 N–H and O–H groups in total. The van der Waals surface area contributed by atoms with Crippen LogP contribution >= 0.6 is 0 Å². The quantitative estimate of drug-likeness (QED) is 0.426. The molecule has 2 heterocycles. The van der Waals surface area contributed by atoms with Gasteiger partial charge in [0.2, 0.25) is 0 Å². The first-order valence-corrected chi connectivity index (χ1v) is 9.87. The predicted octanol–water partition coefficient (Wildman–Crippen LogP) is 4.59. The van der Waals surface area contributed by atoms with Crippen LogP contribution < -0.4 is 0 Å². The summed E-state index contributed by atoms with van der Waals surface area (Å²) in [5, 5.41) is 0. The van der Waals surface area contributed by atoms with Crippen molar-refractivity contribution in [2.75, 3.05) is 0 Å². The molecule has 162 valence electrons. The second-order valence-corrected chi connectivity index (χ2v) is 7.25. The molecule has 2 aromatic heterocycles. The number of pyridine rings is 1. The molecule has 2 aromatic carbocycles. The minimum absolute atomic E-state index is 0.155. The van der Waals surface area contributed by atoms with E-state index in [4.69, 9.17) is 0 Å². The summed E-state index contributed by atoms with van der Waals surface area (Å²) < 4.78 is 41.9. The van der Waals surface area contributed by atoms with Crippen LogP contribution in [0.1, 0.15) is 27.3 Å². The Labute approximate surface area is 182 Å². The number of imidazole rings is 1. The molecule has 0 aliphatic carbocycles. The molecule has 0 atom stereocenters. The molecular formula is C24H19F3N4O. The third-order valence-electron chi connectivity index (χ3n) is 4.95. The van der Waals surface area contributed by atoms with Gasteiger partial charge < -0.3 is 9.47 Å². The van der Waals surface area contributed by atoms with E-state index in [-0.39, 0.29) is 25.5 Å². The number of amides is 1. The lowest BCUT2D eigenvalue weighted by Gasteiger charge is -2.23. The van der Waals surface area contributed by atoms with Crippen LogP contribution in [0.4, 0.5) is 13.2 Å². The SMILES string of the molecule is O=C(c1ccc(F)cc1)N(Cc1cccnc1)Cc1nccn1Cc1ccc(F)c(F)c1. The molecule has 0 aliphatic rings. The summed E-state index contributed by atoms with van der Waals surface area (Å²) in [7, 11) is 0. The Balaban J connectivity index is 1.59. The van der Waals surface area contributed by atoms with Gasteiger partial charge in [-0.25, -0.2) is 18.2 Å². The first-order valence-electron chi connectivity index (χ1n) is 9.87. The van der Waals surface area contributed by atoms with Gasteiger partial charge in [-0.05, 0) is 53.6 Å². The van der Waals surface area contributed by atoms with E-state index >= 15 is 0 Å². The lowest BCUT2D eigenvalue weighted by molar-refractivity contribution is 0.0723. The maximum atomic E-state index is 13.6. The molecule has 5 nitrogen and oxygen atoms in total. The number of carbonyl (C=O) groups is 1. The highest BCUT2D eigenvalue weighted by Crippen LogP contribution is 2.16. The van der Waals surface area contributed by atoms with Gasteiger partial charge in [0.15, 0.2) is 11.6 Å². The molecule has 4 aromatic rings. The maximum absolute atomic E-state index is 13.6. The van der Waals surface area contributed by atoms with E-state index < -0.39 is 17.5 Å². The van der Waals surface area contributed by atoms with E-state index in [1.807, 2.05) is 6.07 Å². The Morgan fingerprint density at radius 1 is 0.906 bits per heavy atom. The molecule has 4 rings (SSSR count). The van der Waals surface area contributed by atoms with E-state index in [9.17, 15) is 18.0 Å². The molecule has 1 amide bonds. The molecule has 0 saturated heterocycles. The zero-order valence-corrected chi connectivity index (χ0v) is 17.0. The fourth-order valence-electron chi connectivity index (χ4n) is 3.33. The summed E-state index contributed by atoms with van der Waals surface area (Å²) >= 11 is 0. The fraction of sp³-hybridized carbons (Fsp3) is 0.125. The van der Waals surface area contributed by atoms with Crippen molar-refractivity contribution in [3.05, 3.63) is 119 Å². The number of benzene rings is 2. The molecule has 0 radical (unpaired) electrons. The normalized spacial score (nSPS) is 10.8. The number of hydrogen-bond acceptors (Lipinski definition) is 3. The van der Waals surface area contributed by atoms with Crippen molar-refractivity contribution in [3.63, 3.8) is 0 Å². The molecule has 0 bridgehead atoms. The summed E-state index contributed by atoms with van der Waals surface area (Å²) in [6, 6.07) is 12.7. The molecule has 8 heteroatoms. The van der Waals surface area contributed by atoms with Crippen LogP contribution in [-0.2, 0) is 19.6 Å². The third kappa shape index (κ3) is 5.03. The zero-order valence-electron chi connectivity index (χ0n) is 17.0. The fourth-order valence-corrected chi connectivity index (χ4v) is 3.33. The number of aromatic nitrogens is 3. The van der Waals surface area contributed by atoms with Gasteiger partial charge in [-0.2, -0.15) is 0 Å². The predicted molar refractivity (Wildman–Crippen MR) is 112 cm³/mol. The van der Waals surface area contributed by atoms with Crippen molar-refractivity contribution in [1.29, 1.82) is 0 Å². The molecule has 0 saturated carbocycles. The van der Waals surface area contributed by atoms with Crippen LogP contribution in [0.5, 0.6) is 0 Å². The van der Waals surface area contributed by atoms with Crippen LogP contribution in [-0.4, -0.2) is 25.3 Å². The second kappa shape index (κ2) is 9.47. The lowest BCUT2D eigenvalue weighted by atomic mass is 10.1. The number of rotatable bonds is 7. The van der Waals surface area contributed by atoms with E-state index in [2.05, 4.69) is 9.97 Å². The van der Waals surface area contributed by atoms with Crippen LogP contribution in [0.2, 0.25) is 0 Å². The Kier molecular flexibility index (Phi) is 6.30. The summed E-state index contributed by atoms with van der Waals surface area (Å²) in [6.07, 6.45) is 6.60. The van der Waals surface area contributed by atoms with Crippen LogP contribution in [0.15, 0.2) is 79.4 Å². The average molecular weight is 436 g/mol. The van der Waals surface area contributed by atoms with Crippen LogP contribution in [0.3, 0.4) is 0 Å². The number of nitrogens with zero attached hydrogens (tertiary/aromatic N) is 4. The van der Waals surface area contributed by atoms with E-state index in [1.165, 1.54) is 30.3 Å². The Morgan fingerprint density at radius 3 is 2.44 bits per heavy atom. The molecule has 0 fully saturated rings. The number of carbonyl (C=O) groups excluding carboxylic acids is 1. The Morgan fingerprint density at radius 2 is 1.72 bits per heavy atom. The van der Waals surface area contributed by atoms with E-state index in [1.54, 1.807) is 40.3 Å². The molecular weight excluding hydrogens is 417 g/mol. The van der Waals surface area contributed by atoms with Crippen LogP contribution in [0.25, 0.3) is 0 Å². The molecule has 0 aliphatic heterocycles. The van der Waals surface area contributed by atoms with Gasteiger partial charge >= 0.3 is 0 Å². The standard InChI is InChI=1S/C24H19F3N4O/c25-20-6-4-19(5-7-20)24(32)31(15-18-2-1-9-28-13-18)16-23-29-10-11-30(23)14-17-3-8-21(26)22(27)12-17/h1-13H,14-16H2. The van der Waals surface area contributed by atoms with Gasteiger partial charge in [0, 0.05) is 43.4 Å². The maximum Gasteiger partial charge on any atom is 0.254 e. The molecule has 0 spiro atoms. The van der Waals surface area contributed by atoms with E-state index in [0.29, 0.717) is 17.0 Å². The smallest absolute Gasteiger partial charge is 0.254 e. The average Bonchev–Trinajstić information content (AvgIpc) is 3.23. The zero-order chi connectivity index (χ0) is 22.5. The minimum Gasteiger partial charge on any atom is -0.329 e. The van der Waals surface area contributed by atoms with Gasteiger partial charge in [0.05, 0.1) is 6.54 Å². The van der Waals surface area contributed by atoms with Crippen molar-refractivity contribution in [3.8, 4) is 0 Å².